The number of carbonyl (C=O) groups excluding carboxylic acids is 3. The predicted molar refractivity (Wildman–Crippen MR) is 200 cm³/mol. The number of rotatable bonds is 13. The highest BCUT2D eigenvalue weighted by molar-refractivity contribution is 8.00. The van der Waals surface area contributed by atoms with Crippen LogP contribution in [0.4, 0.5) is 9.59 Å². The van der Waals surface area contributed by atoms with Gasteiger partial charge in [0.2, 0.25) is 5.91 Å². The molecule has 0 aromatic heterocycles. The van der Waals surface area contributed by atoms with Crippen molar-refractivity contribution in [1.29, 1.82) is 0 Å². The highest BCUT2D eigenvalue weighted by Gasteiger charge is 2.32. The van der Waals surface area contributed by atoms with Crippen LogP contribution in [0, 0.1) is 5.92 Å². The number of nitrogens with one attached hydrogen (secondary N) is 4. The molecule has 4 amide bonds. The second-order valence-corrected chi connectivity index (χ2v) is 14.3. The molecule has 3 aromatic carbocycles. The molecule has 5 N–H and O–H groups in total. The maximum atomic E-state index is 13.7. The molecule has 0 saturated heterocycles. The lowest BCUT2D eigenvalue weighted by Gasteiger charge is -2.28. The first-order valence-corrected chi connectivity index (χ1v) is 18.7. The topological polar surface area (TPSA) is 164 Å². The summed E-state index contributed by atoms with van der Waals surface area (Å²) in [5.41, 5.74) is 2.53. The molecule has 2 aliphatic heterocycles. The molecule has 2 heterocycles. The van der Waals surface area contributed by atoms with Crippen LogP contribution in [0.15, 0.2) is 84.9 Å². The fourth-order valence-corrected chi connectivity index (χ4v) is 6.68. The van der Waals surface area contributed by atoms with Crippen LogP contribution in [-0.2, 0) is 38.5 Å². The molecule has 0 radical (unpaired) electrons. The molecule has 5 rings (SSSR count). The number of thioether (sulfide) groups is 1. The van der Waals surface area contributed by atoms with Gasteiger partial charge in [0.05, 0.1) is 19.3 Å². The monoisotopic (exact) mass is 734 g/mol. The van der Waals surface area contributed by atoms with Crippen molar-refractivity contribution >= 4 is 35.8 Å². The van der Waals surface area contributed by atoms with E-state index in [-0.39, 0.29) is 31.5 Å². The molecule has 0 saturated carbocycles. The van der Waals surface area contributed by atoms with Gasteiger partial charge in [-0.15, -0.1) is 0 Å². The van der Waals surface area contributed by atoms with Gasteiger partial charge in [-0.2, -0.15) is 11.8 Å². The average Bonchev–Trinajstić information content (AvgIpc) is 3.14. The van der Waals surface area contributed by atoms with Crippen molar-refractivity contribution in [2.24, 2.45) is 5.92 Å². The third-order valence-corrected chi connectivity index (χ3v) is 9.79. The zero-order valence-corrected chi connectivity index (χ0v) is 30.6. The number of benzene rings is 3. The molecule has 12 nitrogen and oxygen atoms in total. The highest BCUT2D eigenvalue weighted by atomic mass is 32.2. The summed E-state index contributed by atoms with van der Waals surface area (Å²) in [7, 11) is 0. The minimum atomic E-state index is -1.32. The van der Waals surface area contributed by atoms with Gasteiger partial charge in [-0.1, -0.05) is 86.6 Å². The number of carboxylic acid groups (broad SMARTS) is 1. The number of carbonyl (C=O) groups is 4. The summed E-state index contributed by atoms with van der Waals surface area (Å²) in [4.78, 5) is 52.3. The summed E-state index contributed by atoms with van der Waals surface area (Å²) in [6.07, 6.45) is 1.56. The Hall–Kier alpha value is -4.75. The molecule has 2 unspecified atom stereocenters. The molecule has 52 heavy (non-hydrogen) atoms. The van der Waals surface area contributed by atoms with Gasteiger partial charge in [0.25, 0.3) is 0 Å². The van der Waals surface area contributed by atoms with Gasteiger partial charge in [0.15, 0.2) is 0 Å². The van der Waals surface area contributed by atoms with Crippen molar-refractivity contribution in [1.82, 2.24) is 21.3 Å². The molecular weight excluding hydrogens is 685 g/mol. The maximum Gasteiger partial charge on any atom is 0.407 e. The van der Waals surface area contributed by atoms with Gasteiger partial charge >= 0.3 is 18.1 Å². The van der Waals surface area contributed by atoms with E-state index in [1.165, 1.54) is 11.8 Å². The molecular formula is C39H50N4O8S. The Morgan fingerprint density at radius 1 is 0.942 bits per heavy atom. The van der Waals surface area contributed by atoms with Gasteiger partial charge in [-0.25, -0.2) is 14.4 Å². The van der Waals surface area contributed by atoms with E-state index >= 15 is 0 Å². The van der Waals surface area contributed by atoms with Crippen molar-refractivity contribution in [3.8, 4) is 5.75 Å². The van der Waals surface area contributed by atoms with Crippen LogP contribution in [0.5, 0.6) is 5.75 Å². The van der Waals surface area contributed by atoms with E-state index in [4.69, 9.17) is 14.2 Å². The van der Waals surface area contributed by atoms with Crippen LogP contribution in [0.3, 0.4) is 0 Å². The minimum Gasteiger partial charge on any atom is -0.494 e. The van der Waals surface area contributed by atoms with Gasteiger partial charge in [-0.3, -0.25) is 4.79 Å². The fraction of sp³-hybridized carbons (Fsp3) is 0.436. The Morgan fingerprint density at radius 3 is 2.29 bits per heavy atom. The van der Waals surface area contributed by atoms with E-state index < -0.39 is 41.3 Å². The summed E-state index contributed by atoms with van der Waals surface area (Å²) in [6.45, 7) is 5.72. The summed E-state index contributed by atoms with van der Waals surface area (Å²) >= 11 is 1.31. The van der Waals surface area contributed by atoms with Gasteiger partial charge < -0.3 is 40.6 Å². The quantitative estimate of drug-likeness (QED) is 0.153. The lowest BCUT2D eigenvalue weighted by Crippen LogP contribution is -2.58. The first kappa shape index (κ1) is 40.0. The molecule has 0 spiro atoms. The van der Waals surface area contributed by atoms with Gasteiger partial charge in [0.1, 0.15) is 24.4 Å². The van der Waals surface area contributed by atoms with E-state index in [9.17, 15) is 24.3 Å². The zero-order chi connectivity index (χ0) is 37.1. The third kappa shape index (κ3) is 14.1. The normalized spacial score (nSPS) is 17.9. The molecule has 280 valence electrons. The van der Waals surface area contributed by atoms with Crippen molar-refractivity contribution in [2.75, 3.05) is 32.1 Å². The number of amides is 4. The largest absolute Gasteiger partial charge is 0.494 e. The Bertz CT molecular complexity index is 1540. The molecule has 3 aromatic rings. The Labute approximate surface area is 309 Å². The second-order valence-electron chi connectivity index (χ2n) is 12.9. The summed E-state index contributed by atoms with van der Waals surface area (Å²) in [5.74, 6) is -0.513. The Kier molecular flexibility index (Phi) is 16.6. The standard InChI is InChI=1S/C39H50N4O8S/c1-27(2)33-26-49-20-9-10-21-50-31-17-15-29(16-18-31)23-32(36(44)41-33)42-38(47)43-35(37(45)46)34(24-28-11-5-3-6-12-28)52-22-19-40-39(48)51-25-30-13-7-4-8-14-30/h3-8,11-18,27,32-35H,9-10,19-26H2,1-2H3,(H,40,48)(H,41,44)(H,45,46)(H2,42,43,47)/t32-,33-,34?,35?/m1/s1. The highest BCUT2D eigenvalue weighted by Crippen LogP contribution is 2.21. The van der Waals surface area contributed by atoms with Crippen LogP contribution in [0.25, 0.3) is 0 Å². The average molecular weight is 735 g/mol. The maximum absolute atomic E-state index is 13.7. The molecule has 0 fully saturated rings. The van der Waals surface area contributed by atoms with E-state index in [1.54, 1.807) is 0 Å². The van der Waals surface area contributed by atoms with E-state index in [1.807, 2.05) is 98.8 Å². The summed E-state index contributed by atoms with van der Waals surface area (Å²) in [6, 6.07) is 22.6. The van der Waals surface area contributed by atoms with Gasteiger partial charge in [0, 0.05) is 30.6 Å². The number of carboxylic acids is 1. The van der Waals surface area contributed by atoms with E-state index in [0.717, 1.165) is 29.5 Å². The molecule has 4 atom stereocenters. The SMILES string of the molecule is CC(C)[C@H]1COCCCCOc2ccc(cc2)C[C@@H](NC(=O)NC(C(=O)O)C(Cc2ccccc2)SCCNC(=O)OCc2ccccc2)C(=O)N1. The first-order valence-electron chi connectivity index (χ1n) is 17.7. The predicted octanol–water partition coefficient (Wildman–Crippen LogP) is 4.95. The first-order chi connectivity index (χ1) is 25.2. The van der Waals surface area contributed by atoms with Crippen LogP contribution in [0.1, 0.15) is 43.4 Å². The number of ether oxygens (including phenoxy) is 3. The zero-order valence-electron chi connectivity index (χ0n) is 29.8. The van der Waals surface area contributed by atoms with Crippen LogP contribution < -0.4 is 26.0 Å². The molecule has 13 heteroatoms. The number of hydrogen-bond acceptors (Lipinski definition) is 8. The molecule has 2 aliphatic rings. The number of alkyl carbamates (subject to hydrolysis) is 1. The number of fused-ring (bicyclic) bond motifs is 13. The van der Waals surface area contributed by atoms with Crippen molar-refractivity contribution in [2.45, 2.75) is 69.5 Å². The van der Waals surface area contributed by atoms with Crippen molar-refractivity contribution < 1.29 is 38.5 Å². The minimum absolute atomic E-state index is 0.0623. The number of hydrogen-bond donors (Lipinski definition) is 5. The van der Waals surface area contributed by atoms with Crippen LogP contribution in [0.2, 0.25) is 0 Å². The third-order valence-electron chi connectivity index (χ3n) is 8.49. The Morgan fingerprint density at radius 2 is 1.62 bits per heavy atom. The summed E-state index contributed by atoms with van der Waals surface area (Å²) < 4.78 is 17.0. The smallest absolute Gasteiger partial charge is 0.407 e. The lowest BCUT2D eigenvalue weighted by molar-refractivity contribution is -0.139. The molecule has 2 bridgehead atoms. The number of aliphatic carboxylic acids is 1. The van der Waals surface area contributed by atoms with Crippen molar-refractivity contribution in [3.63, 3.8) is 0 Å². The Balaban J connectivity index is 1.44. The van der Waals surface area contributed by atoms with E-state index in [0.29, 0.717) is 37.7 Å². The van der Waals surface area contributed by atoms with Crippen LogP contribution in [-0.4, -0.2) is 84.6 Å². The second kappa shape index (κ2) is 21.6. The molecule has 0 aliphatic carbocycles. The van der Waals surface area contributed by atoms with Crippen LogP contribution >= 0.6 is 11.8 Å². The lowest BCUT2D eigenvalue weighted by atomic mass is 10.0. The number of urea groups is 1. The van der Waals surface area contributed by atoms with Crippen molar-refractivity contribution in [3.05, 3.63) is 102 Å². The van der Waals surface area contributed by atoms with E-state index in [2.05, 4.69) is 21.3 Å². The summed E-state index contributed by atoms with van der Waals surface area (Å²) in [5, 5.41) is 20.9. The fourth-order valence-electron chi connectivity index (χ4n) is 5.47. The van der Waals surface area contributed by atoms with Gasteiger partial charge in [-0.05, 0) is 54.0 Å².